The van der Waals surface area contributed by atoms with Crippen molar-refractivity contribution >= 4 is 33.6 Å². The third-order valence-corrected chi connectivity index (χ3v) is 7.46. The number of hydrogen-bond acceptors (Lipinski definition) is 4. The van der Waals surface area contributed by atoms with E-state index in [2.05, 4.69) is 31.9 Å². The lowest BCUT2D eigenvalue weighted by Gasteiger charge is -2.56. The first kappa shape index (κ1) is 21.3. The average molecular weight is 480 g/mol. The van der Waals surface area contributed by atoms with Gasteiger partial charge in [0.2, 0.25) is 5.91 Å². The number of carbonyl (C=O) groups is 2. The van der Waals surface area contributed by atoms with E-state index >= 15 is 0 Å². The summed E-state index contributed by atoms with van der Waals surface area (Å²) in [6, 6.07) is 3.29. The molecule has 0 aliphatic heterocycles. The lowest BCUT2D eigenvalue weighted by molar-refractivity contribution is -0.116. The van der Waals surface area contributed by atoms with E-state index in [9.17, 15) is 9.59 Å². The smallest absolute Gasteiger partial charge is 0.315 e. The first-order chi connectivity index (χ1) is 14.4. The molecule has 1 aromatic carbocycles. The number of anilines is 1. The number of carbonyl (C=O) groups excluding carboxylic acids is 2. The van der Waals surface area contributed by atoms with Crippen molar-refractivity contribution in [3.63, 3.8) is 0 Å². The Balaban J connectivity index is 1.25. The molecule has 0 spiro atoms. The van der Waals surface area contributed by atoms with E-state index in [1.54, 1.807) is 26.4 Å². The van der Waals surface area contributed by atoms with E-state index in [4.69, 9.17) is 9.47 Å². The Kier molecular flexibility index (Phi) is 6.14. The van der Waals surface area contributed by atoms with Gasteiger partial charge in [-0.2, -0.15) is 0 Å². The predicted molar refractivity (Wildman–Crippen MR) is 118 cm³/mol. The van der Waals surface area contributed by atoms with Gasteiger partial charge in [0, 0.05) is 35.1 Å². The van der Waals surface area contributed by atoms with Crippen LogP contribution in [0.2, 0.25) is 0 Å². The zero-order chi connectivity index (χ0) is 21.3. The molecule has 8 heteroatoms. The molecule has 4 aliphatic carbocycles. The minimum Gasteiger partial charge on any atom is -0.493 e. The van der Waals surface area contributed by atoms with Crippen LogP contribution < -0.4 is 25.4 Å². The fraction of sp³-hybridized carbons (Fsp3) is 0.636. The van der Waals surface area contributed by atoms with Crippen LogP contribution in [0.15, 0.2) is 16.6 Å². The average Bonchev–Trinajstić information content (AvgIpc) is 2.67. The molecule has 4 aliphatic rings. The molecule has 4 fully saturated rings. The van der Waals surface area contributed by atoms with E-state index in [-0.39, 0.29) is 30.4 Å². The predicted octanol–water partition coefficient (Wildman–Crippen LogP) is 4.06. The summed E-state index contributed by atoms with van der Waals surface area (Å²) in [6.45, 7) is 0.287. The van der Waals surface area contributed by atoms with Crippen molar-refractivity contribution in [3.05, 3.63) is 16.6 Å². The van der Waals surface area contributed by atoms with Gasteiger partial charge in [0.25, 0.3) is 0 Å². The van der Waals surface area contributed by atoms with Crippen molar-refractivity contribution in [1.29, 1.82) is 0 Å². The number of methoxy groups -OCH3 is 2. The first-order valence-electron chi connectivity index (χ1n) is 10.7. The zero-order valence-corrected chi connectivity index (χ0v) is 19.1. The summed E-state index contributed by atoms with van der Waals surface area (Å²) in [5, 5.41) is 8.97. The fourth-order valence-corrected chi connectivity index (χ4v) is 6.42. The minimum atomic E-state index is -0.182. The molecular weight excluding hydrogens is 450 g/mol. The van der Waals surface area contributed by atoms with E-state index in [1.165, 1.54) is 19.3 Å². The van der Waals surface area contributed by atoms with Gasteiger partial charge < -0.3 is 25.4 Å². The molecule has 0 atom stereocenters. The molecule has 0 heterocycles. The number of rotatable bonds is 7. The van der Waals surface area contributed by atoms with Gasteiger partial charge in [-0.05, 0) is 72.2 Å². The van der Waals surface area contributed by atoms with Crippen molar-refractivity contribution in [1.82, 2.24) is 10.6 Å². The zero-order valence-electron chi connectivity index (χ0n) is 17.6. The van der Waals surface area contributed by atoms with Crippen molar-refractivity contribution in [2.24, 2.45) is 17.8 Å². The van der Waals surface area contributed by atoms with Gasteiger partial charge in [-0.15, -0.1) is 0 Å². The summed E-state index contributed by atoms with van der Waals surface area (Å²) in [6.07, 6.45) is 7.55. The van der Waals surface area contributed by atoms with Crippen LogP contribution in [0.25, 0.3) is 0 Å². The van der Waals surface area contributed by atoms with Crippen LogP contribution in [0.3, 0.4) is 0 Å². The normalized spacial score (nSPS) is 28.7. The van der Waals surface area contributed by atoms with Gasteiger partial charge in [-0.3, -0.25) is 4.79 Å². The Morgan fingerprint density at radius 1 is 1.03 bits per heavy atom. The summed E-state index contributed by atoms with van der Waals surface area (Å²) in [5.74, 6) is 3.26. The van der Waals surface area contributed by atoms with Crippen LogP contribution in [0.5, 0.6) is 11.5 Å². The number of hydrogen-bond donors (Lipinski definition) is 3. The lowest BCUT2D eigenvalue weighted by atomic mass is 9.53. The summed E-state index contributed by atoms with van der Waals surface area (Å²) < 4.78 is 11.2. The Morgan fingerprint density at radius 3 is 2.17 bits per heavy atom. The number of urea groups is 1. The lowest BCUT2D eigenvalue weighted by Crippen LogP contribution is -2.61. The number of amides is 3. The molecule has 5 rings (SSSR count). The molecule has 164 valence electrons. The molecule has 4 saturated carbocycles. The number of benzene rings is 1. The molecule has 30 heavy (non-hydrogen) atoms. The maximum Gasteiger partial charge on any atom is 0.315 e. The number of ether oxygens (including phenoxy) is 2. The number of nitrogens with one attached hydrogen (secondary N) is 3. The highest BCUT2D eigenvalue weighted by atomic mass is 79.9. The largest absolute Gasteiger partial charge is 0.493 e. The number of halogens is 1. The van der Waals surface area contributed by atoms with Gasteiger partial charge >= 0.3 is 6.03 Å². The Morgan fingerprint density at radius 2 is 1.60 bits per heavy atom. The highest BCUT2D eigenvalue weighted by molar-refractivity contribution is 9.10. The molecule has 0 radical (unpaired) electrons. The standard InChI is InChI=1S/C22H30BrN3O4/c1-29-18-8-16(23)17(9-19(18)30-2)25-20(27)3-4-24-21(28)26-22-10-13-5-14(11-22)7-15(6-13)12-22/h8-9,13-15H,3-7,10-12H2,1-2H3,(H,25,27)(H2,24,26,28). The van der Waals surface area contributed by atoms with Crippen LogP contribution in [0.4, 0.5) is 10.5 Å². The molecule has 7 nitrogen and oxygen atoms in total. The van der Waals surface area contributed by atoms with Gasteiger partial charge in [-0.1, -0.05) is 0 Å². The van der Waals surface area contributed by atoms with Crippen LogP contribution >= 0.6 is 15.9 Å². The summed E-state index contributed by atoms with van der Waals surface area (Å²) in [4.78, 5) is 24.8. The third kappa shape index (κ3) is 4.53. The van der Waals surface area contributed by atoms with Crippen molar-refractivity contribution < 1.29 is 19.1 Å². The first-order valence-corrected chi connectivity index (χ1v) is 11.5. The van der Waals surface area contributed by atoms with Gasteiger partial charge in [0.15, 0.2) is 11.5 Å². The molecule has 3 N–H and O–H groups in total. The van der Waals surface area contributed by atoms with Crippen molar-refractivity contribution in [3.8, 4) is 11.5 Å². The van der Waals surface area contributed by atoms with Crippen LogP contribution in [0.1, 0.15) is 44.9 Å². The van der Waals surface area contributed by atoms with Crippen molar-refractivity contribution in [2.75, 3.05) is 26.1 Å². The highest BCUT2D eigenvalue weighted by Gasteiger charge is 2.51. The van der Waals surface area contributed by atoms with Gasteiger partial charge in [-0.25, -0.2) is 4.79 Å². The maximum atomic E-state index is 12.5. The molecule has 0 aromatic heterocycles. The van der Waals surface area contributed by atoms with Gasteiger partial charge in [0.05, 0.1) is 19.9 Å². The minimum absolute atomic E-state index is 0.0222. The SMILES string of the molecule is COc1cc(Br)c(NC(=O)CCNC(=O)NC23CC4CC(CC(C4)C2)C3)cc1OC. The molecule has 4 bridgehead atoms. The maximum absolute atomic E-state index is 12.5. The van der Waals surface area contributed by atoms with E-state index in [1.807, 2.05) is 0 Å². The monoisotopic (exact) mass is 479 g/mol. The van der Waals surface area contributed by atoms with E-state index < -0.39 is 0 Å². The molecule has 1 aromatic rings. The Bertz CT molecular complexity index is 794. The van der Waals surface area contributed by atoms with E-state index in [0.717, 1.165) is 37.0 Å². The second-order valence-electron chi connectivity index (χ2n) is 9.06. The summed E-state index contributed by atoms with van der Waals surface area (Å²) in [7, 11) is 3.10. The molecular formula is C22H30BrN3O4. The second kappa shape index (κ2) is 8.65. The Labute approximate surface area is 185 Å². The molecule has 0 saturated heterocycles. The van der Waals surface area contributed by atoms with Crippen LogP contribution in [-0.2, 0) is 4.79 Å². The highest BCUT2D eigenvalue weighted by Crippen LogP contribution is 2.55. The fourth-order valence-electron chi connectivity index (χ4n) is 6.00. The van der Waals surface area contributed by atoms with Crippen LogP contribution in [0, 0.1) is 17.8 Å². The second-order valence-corrected chi connectivity index (χ2v) is 9.92. The summed E-state index contributed by atoms with van der Waals surface area (Å²) in [5.41, 5.74) is 0.571. The van der Waals surface area contributed by atoms with Crippen molar-refractivity contribution in [2.45, 2.75) is 50.5 Å². The molecule has 3 amide bonds. The Hall–Kier alpha value is -1.96. The van der Waals surface area contributed by atoms with Crippen LogP contribution in [-0.4, -0.2) is 38.2 Å². The summed E-state index contributed by atoms with van der Waals surface area (Å²) >= 11 is 3.43. The molecule has 0 unspecified atom stereocenters. The third-order valence-electron chi connectivity index (χ3n) is 6.80. The van der Waals surface area contributed by atoms with E-state index in [0.29, 0.717) is 21.7 Å². The topological polar surface area (TPSA) is 88.7 Å². The quantitative estimate of drug-likeness (QED) is 0.549. The van der Waals surface area contributed by atoms with Gasteiger partial charge in [0.1, 0.15) is 0 Å².